The van der Waals surface area contributed by atoms with Gasteiger partial charge in [0, 0.05) is 28.5 Å². The molecule has 158 valence electrons. The molecule has 0 saturated heterocycles. The van der Waals surface area contributed by atoms with Crippen LogP contribution in [0.3, 0.4) is 0 Å². The summed E-state index contributed by atoms with van der Waals surface area (Å²) in [4.78, 5) is 3.38. The lowest BCUT2D eigenvalue weighted by Gasteiger charge is -2.08. The van der Waals surface area contributed by atoms with E-state index >= 15 is 0 Å². The van der Waals surface area contributed by atoms with Gasteiger partial charge in [0.15, 0.2) is 0 Å². The zero-order valence-electron chi connectivity index (χ0n) is 18.3. The van der Waals surface area contributed by atoms with E-state index in [0.717, 1.165) is 61.2 Å². The molecule has 0 aliphatic carbocycles. The predicted octanol–water partition coefficient (Wildman–Crippen LogP) is 5.62. The fraction of sp³-hybridized carbons (Fsp3) is 0.111. The van der Waals surface area contributed by atoms with E-state index in [0.29, 0.717) is 0 Å². The minimum Gasteiger partial charge on any atom is -0.497 e. The third kappa shape index (κ3) is 3.81. The molecule has 0 aliphatic heterocycles. The maximum Gasteiger partial charge on any atom is 0.297 e. The number of ether oxygens (including phenoxy) is 1. The molecular weight excluding hydrogens is 398 g/mol. The van der Waals surface area contributed by atoms with Crippen LogP contribution in [-0.2, 0) is 0 Å². The molecule has 5 aromatic rings. The van der Waals surface area contributed by atoms with Gasteiger partial charge in [0.1, 0.15) is 28.0 Å². The number of nitrogens with zero attached hydrogens (tertiary/aromatic N) is 1. The number of anilines is 1. The van der Waals surface area contributed by atoms with Gasteiger partial charge in [-0.05, 0) is 67.4 Å². The summed E-state index contributed by atoms with van der Waals surface area (Å²) in [7, 11) is 1.66. The maximum absolute atomic E-state index is 6.32. The second kappa shape index (κ2) is 8.19. The van der Waals surface area contributed by atoms with Gasteiger partial charge < -0.3 is 9.15 Å². The Kier molecular flexibility index (Phi) is 5.07. The summed E-state index contributed by atoms with van der Waals surface area (Å²) in [5.74, 6) is 2.36. The fourth-order valence-electron chi connectivity index (χ4n) is 3.91. The van der Waals surface area contributed by atoms with Crippen molar-refractivity contribution in [3.63, 3.8) is 0 Å². The second-order valence-electron chi connectivity index (χ2n) is 7.87. The molecule has 2 aromatic heterocycles. The second-order valence-corrected chi connectivity index (χ2v) is 7.87. The monoisotopic (exact) mass is 422 g/mol. The Hall–Kier alpha value is -4.12. The van der Waals surface area contributed by atoms with Crippen molar-refractivity contribution in [2.24, 2.45) is 5.10 Å². The number of para-hydroxylation sites is 1. The largest absolute Gasteiger partial charge is 0.497 e. The molecule has 5 rings (SSSR count). The Balaban J connectivity index is 1.65. The first-order valence-electron chi connectivity index (χ1n) is 10.5. The van der Waals surface area contributed by atoms with Crippen molar-refractivity contribution in [2.45, 2.75) is 13.8 Å². The van der Waals surface area contributed by atoms with Gasteiger partial charge in [-0.25, -0.2) is 4.98 Å². The molecule has 3 aromatic carbocycles. The van der Waals surface area contributed by atoms with E-state index in [-0.39, 0.29) is 0 Å². The van der Waals surface area contributed by atoms with Crippen LogP contribution in [0.15, 0.2) is 88.4 Å². The van der Waals surface area contributed by atoms with Crippen LogP contribution in [-0.4, -0.2) is 7.11 Å². The van der Waals surface area contributed by atoms with Crippen LogP contribution in [0.2, 0.25) is 0 Å². The Bertz CT molecular complexity index is 1500. The quantitative estimate of drug-likeness (QED) is 0.382. The number of aromatic amines is 1. The molecule has 0 fully saturated rings. The molecule has 32 heavy (non-hydrogen) atoms. The van der Waals surface area contributed by atoms with Crippen molar-refractivity contribution in [2.75, 3.05) is 12.5 Å². The van der Waals surface area contributed by atoms with Crippen molar-refractivity contribution >= 4 is 27.7 Å². The number of hydrogen-bond donors (Lipinski definition) is 1. The number of aromatic nitrogens is 1. The van der Waals surface area contributed by atoms with Gasteiger partial charge in [-0.1, -0.05) is 29.4 Å². The Morgan fingerprint density at radius 1 is 0.906 bits per heavy atom. The zero-order valence-corrected chi connectivity index (χ0v) is 18.3. The smallest absolute Gasteiger partial charge is 0.297 e. The molecule has 2 N–H and O–H groups in total. The van der Waals surface area contributed by atoms with E-state index in [1.54, 1.807) is 7.11 Å². The van der Waals surface area contributed by atoms with Crippen LogP contribution in [0.4, 0.5) is 5.82 Å². The molecule has 0 unspecified atom stereocenters. The number of rotatable bonds is 4. The minimum atomic E-state index is 0.746. The summed E-state index contributed by atoms with van der Waals surface area (Å²) in [6, 6.07) is 26.2. The van der Waals surface area contributed by atoms with Crippen molar-refractivity contribution in [3.05, 3.63) is 95.3 Å². The molecule has 5 heteroatoms. The number of fused-ring (bicyclic) bond motifs is 2. The van der Waals surface area contributed by atoms with Gasteiger partial charge in [-0.3, -0.25) is 0 Å². The molecule has 0 amide bonds. The van der Waals surface area contributed by atoms with Gasteiger partial charge in [0.05, 0.1) is 7.11 Å². The fourth-order valence-corrected chi connectivity index (χ4v) is 3.91. The molecule has 0 bridgehead atoms. The molecule has 5 nitrogen and oxygen atoms in total. The molecular formula is C27H24N3O2+. The lowest BCUT2D eigenvalue weighted by Crippen LogP contribution is -2.14. The molecule has 0 spiro atoms. The molecule has 0 radical (unpaired) electrons. The van der Waals surface area contributed by atoms with Crippen LogP contribution in [0, 0.1) is 13.8 Å². The first kappa shape index (κ1) is 19.8. The average molecular weight is 423 g/mol. The molecule has 2 heterocycles. The number of aryl methyl sites for hydroxylation is 2. The van der Waals surface area contributed by atoms with Gasteiger partial charge in [0.25, 0.3) is 5.82 Å². The van der Waals surface area contributed by atoms with Crippen molar-refractivity contribution in [1.29, 1.82) is 0 Å². The average Bonchev–Trinajstić information content (AvgIpc) is 2.82. The lowest BCUT2D eigenvalue weighted by atomic mass is 10.1. The number of pyridine rings is 1. The summed E-state index contributed by atoms with van der Waals surface area (Å²) < 4.78 is 11.6. The van der Waals surface area contributed by atoms with Gasteiger partial charge in [-0.2, -0.15) is 0 Å². The summed E-state index contributed by atoms with van der Waals surface area (Å²) in [6.07, 6.45) is 0. The first-order valence-corrected chi connectivity index (χ1v) is 10.5. The van der Waals surface area contributed by atoms with E-state index in [1.807, 2.05) is 54.6 Å². The highest BCUT2D eigenvalue weighted by molar-refractivity contribution is 5.82. The first-order chi connectivity index (χ1) is 15.6. The van der Waals surface area contributed by atoms with E-state index < -0.39 is 0 Å². The van der Waals surface area contributed by atoms with Crippen LogP contribution < -0.4 is 20.5 Å². The van der Waals surface area contributed by atoms with E-state index in [4.69, 9.17) is 14.3 Å². The number of benzene rings is 3. The summed E-state index contributed by atoms with van der Waals surface area (Å²) >= 11 is 0. The summed E-state index contributed by atoms with van der Waals surface area (Å²) in [5, 5.41) is 7.67. The third-order valence-electron chi connectivity index (χ3n) is 5.51. The van der Waals surface area contributed by atoms with Gasteiger partial charge >= 0.3 is 0 Å². The molecule has 0 atom stereocenters. The standard InChI is InChI=1S/C27H23N3O2/c1-17-14-18(2)27-22(15-17)24(16-25(32-27)20-8-11-21(31-3)12-9-20)29-30-26-13-10-19-6-4-5-7-23(19)28-26/h4-16H,1-3H3,(H,28,30)/p+1. The van der Waals surface area contributed by atoms with E-state index in [2.05, 4.69) is 48.5 Å². The molecule has 0 aliphatic rings. The number of hydrogen-bond acceptors (Lipinski definition) is 4. The third-order valence-corrected chi connectivity index (χ3v) is 5.51. The topological polar surface area (TPSA) is 60.9 Å². The number of methoxy groups -OCH3 is 1. The van der Waals surface area contributed by atoms with Crippen LogP contribution in [0.1, 0.15) is 11.1 Å². The van der Waals surface area contributed by atoms with Gasteiger partial charge in [0.2, 0.25) is 0 Å². The highest BCUT2D eigenvalue weighted by atomic mass is 16.5. The highest BCUT2D eigenvalue weighted by Crippen LogP contribution is 2.26. The van der Waals surface area contributed by atoms with Crippen molar-refractivity contribution < 1.29 is 14.1 Å². The van der Waals surface area contributed by atoms with E-state index in [9.17, 15) is 0 Å². The summed E-state index contributed by atoms with van der Waals surface area (Å²) in [5.41, 5.74) is 8.26. The van der Waals surface area contributed by atoms with Crippen LogP contribution in [0.25, 0.3) is 33.2 Å². The minimum absolute atomic E-state index is 0.746. The van der Waals surface area contributed by atoms with Gasteiger partial charge in [-0.15, -0.1) is 5.43 Å². The van der Waals surface area contributed by atoms with Crippen LogP contribution >= 0.6 is 0 Å². The Morgan fingerprint density at radius 2 is 1.72 bits per heavy atom. The molecule has 0 saturated carbocycles. The Labute approximate surface area is 186 Å². The lowest BCUT2D eigenvalue weighted by molar-refractivity contribution is -0.327. The Morgan fingerprint density at radius 3 is 2.53 bits per heavy atom. The maximum atomic E-state index is 6.32. The highest BCUT2D eigenvalue weighted by Gasteiger charge is 2.11. The van der Waals surface area contributed by atoms with Crippen LogP contribution in [0.5, 0.6) is 5.75 Å². The predicted molar refractivity (Wildman–Crippen MR) is 127 cm³/mol. The SMILES string of the molecule is COc1ccc(-c2cc(=NNc3ccc4ccccc4[nH+]3)c3cc(C)cc(C)c3o2)cc1. The van der Waals surface area contributed by atoms with Crippen molar-refractivity contribution in [1.82, 2.24) is 0 Å². The normalized spacial score (nSPS) is 11.8. The summed E-state index contributed by atoms with van der Waals surface area (Å²) in [6.45, 7) is 4.14. The number of H-pyrrole nitrogens is 1. The van der Waals surface area contributed by atoms with Crippen molar-refractivity contribution in [3.8, 4) is 17.1 Å². The zero-order chi connectivity index (χ0) is 22.1. The number of nitrogens with one attached hydrogen (secondary N) is 2. The van der Waals surface area contributed by atoms with E-state index in [1.165, 1.54) is 0 Å².